The van der Waals surface area contributed by atoms with Gasteiger partial charge >= 0.3 is 6.18 Å². The highest BCUT2D eigenvalue weighted by molar-refractivity contribution is 5.85. The molecule has 1 aliphatic carbocycles. The first-order valence-corrected chi connectivity index (χ1v) is 7.52. The highest BCUT2D eigenvalue weighted by Crippen LogP contribution is 2.43. The van der Waals surface area contributed by atoms with E-state index in [-0.39, 0.29) is 31.3 Å². The molecule has 0 bridgehead atoms. The lowest BCUT2D eigenvalue weighted by atomic mass is 9.71. The molecule has 0 heterocycles. The zero-order valence-electron chi connectivity index (χ0n) is 13.4. The molecule has 1 unspecified atom stereocenters. The van der Waals surface area contributed by atoms with Crippen LogP contribution in [0.2, 0.25) is 0 Å². The Morgan fingerprint density at radius 3 is 2.54 bits per heavy atom. The van der Waals surface area contributed by atoms with Crippen molar-refractivity contribution in [1.29, 1.82) is 0 Å². The molecular formula is C16H22ClF3N2O2. The van der Waals surface area contributed by atoms with Crippen molar-refractivity contribution in [2.24, 2.45) is 5.73 Å². The van der Waals surface area contributed by atoms with Crippen LogP contribution < -0.4 is 11.1 Å². The van der Waals surface area contributed by atoms with Gasteiger partial charge in [0.1, 0.15) is 0 Å². The van der Waals surface area contributed by atoms with E-state index in [0.717, 1.165) is 18.6 Å². The van der Waals surface area contributed by atoms with Crippen molar-refractivity contribution in [3.8, 4) is 0 Å². The molecule has 136 valence electrons. The molecule has 3 N–H and O–H groups in total. The van der Waals surface area contributed by atoms with Gasteiger partial charge in [-0.2, -0.15) is 13.2 Å². The molecule has 1 aromatic carbocycles. The number of benzene rings is 1. The number of halogens is 4. The average Bonchev–Trinajstić information content (AvgIpc) is 2.47. The van der Waals surface area contributed by atoms with Crippen molar-refractivity contribution in [2.75, 3.05) is 13.7 Å². The third-order valence-corrected chi connectivity index (χ3v) is 4.34. The summed E-state index contributed by atoms with van der Waals surface area (Å²) >= 11 is 0. The Balaban J connectivity index is 0.00000288. The van der Waals surface area contributed by atoms with E-state index in [2.05, 4.69) is 5.32 Å². The lowest BCUT2D eigenvalue weighted by Gasteiger charge is -2.43. The van der Waals surface area contributed by atoms with E-state index in [1.165, 1.54) is 13.2 Å². The predicted molar refractivity (Wildman–Crippen MR) is 86.8 cm³/mol. The summed E-state index contributed by atoms with van der Waals surface area (Å²) in [5.74, 6) is -0.264. The van der Waals surface area contributed by atoms with Crippen molar-refractivity contribution in [1.82, 2.24) is 5.32 Å². The summed E-state index contributed by atoms with van der Waals surface area (Å²) in [5.41, 5.74) is 4.57. The van der Waals surface area contributed by atoms with Crippen LogP contribution in [-0.2, 0) is 21.2 Å². The SMILES string of the molecule is COC(CN)CC(=O)NC1(c2cccc(C(F)(F)F)c2)CCC1.Cl. The quantitative estimate of drug-likeness (QED) is 0.813. The molecule has 1 aliphatic rings. The summed E-state index contributed by atoms with van der Waals surface area (Å²) in [6.07, 6.45) is -2.59. The first-order valence-electron chi connectivity index (χ1n) is 7.52. The average molecular weight is 367 g/mol. The van der Waals surface area contributed by atoms with Crippen LogP contribution >= 0.6 is 12.4 Å². The summed E-state index contributed by atoms with van der Waals surface area (Å²) in [7, 11) is 1.47. The Morgan fingerprint density at radius 1 is 1.42 bits per heavy atom. The van der Waals surface area contributed by atoms with E-state index >= 15 is 0 Å². The van der Waals surface area contributed by atoms with E-state index in [1.807, 2.05) is 0 Å². The highest BCUT2D eigenvalue weighted by Gasteiger charge is 2.41. The number of amides is 1. The first-order chi connectivity index (χ1) is 10.8. The van der Waals surface area contributed by atoms with E-state index in [1.54, 1.807) is 6.07 Å². The van der Waals surface area contributed by atoms with Gasteiger partial charge in [-0.05, 0) is 37.0 Å². The van der Waals surface area contributed by atoms with Crippen LogP contribution in [-0.4, -0.2) is 25.7 Å². The summed E-state index contributed by atoms with van der Waals surface area (Å²) in [6.45, 7) is 0.209. The lowest BCUT2D eigenvalue weighted by molar-refractivity contribution is -0.137. The van der Waals surface area contributed by atoms with Gasteiger partial charge in [0.15, 0.2) is 0 Å². The zero-order valence-corrected chi connectivity index (χ0v) is 14.2. The number of carbonyl (C=O) groups excluding carboxylic acids is 1. The third-order valence-electron chi connectivity index (χ3n) is 4.34. The standard InChI is InChI=1S/C16H21F3N2O2.ClH/c1-23-13(10-20)9-14(22)21-15(6-3-7-15)11-4-2-5-12(8-11)16(17,18)19;/h2,4-5,8,13H,3,6-7,9-10,20H2,1H3,(H,21,22);1H. The van der Waals surface area contributed by atoms with Crippen LogP contribution in [0, 0.1) is 0 Å². The molecule has 0 spiro atoms. The third kappa shape index (κ3) is 4.62. The first kappa shape index (κ1) is 20.7. The number of carbonyl (C=O) groups is 1. The van der Waals surface area contributed by atoms with Crippen LogP contribution in [0.3, 0.4) is 0 Å². The molecule has 0 aliphatic heterocycles. The van der Waals surface area contributed by atoms with Crippen LogP contribution in [0.25, 0.3) is 0 Å². The second kappa shape index (κ2) is 8.18. The van der Waals surface area contributed by atoms with Crippen molar-refractivity contribution in [2.45, 2.75) is 43.5 Å². The number of rotatable bonds is 6. The summed E-state index contributed by atoms with van der Waals surface area (Å²) in [4.78, 5) is 12.2. The predicted octanol–water partition coefficient (Wildman–Crippen LogP) is 2.99. The Bertz CT molecular complexity index is 558. The number of nitrogens with two attached hydrogens (primary N) is 1. The molecule has 8 heteroatoms. The van der Waals surface area contributed by atoms with Gasteiger partial charge < -0.3 is 15.8 Å². The maximum Gasteiger partial charge on any atom is 0.416 e. The van der Waals surface area contributed by atoms with E-state index < -0.39 is 23.4 Å². The highest BCUT2D eigenvalue weighted by atomic mass is 35.5. The van der Waals surface area contributed by atoms with E-state index in [4.69, 9.17) is 10.5 Å². The number of ether oxygens (including phenoxy) is 1. The van der Waals surface area contributed by atoms with Gasteiger partial charge in [0.2, 0.25) is 5.91 Å². The van der Waals surface area contributed by atoms with Gasteiger partial charge in [-0.1, -0.05) is 12.1 Å². The van der Waals surface area contributed by atoms with Crippen molar-refractivity contribution < 1.29 is 22.7 Å². The van der Waals surface area contributed by atoms with Gasteiger partial charge in [-0.15, -0.1) is 12.4 Å². The topological polar surface area (TPSA) is 64.3 Å². The number of alkyl halides is 3. The maximum absolute atomic E-state index is 12.9. The Hall–Kier alpha value is -1.31. The molecule has 1 saturated carbocycles. The largest absolute Gasteiger partial charge is 0.416 e. The smallest absolute Gasteiger partial charge is 0.380 e. The van der Waals surface area contributed by atoms with Gasteiger partial charge in [0, 0.05) is 13.7 Å². The van der Waals surface area contributed by atoms with Crippen LogP contribution in [0.5, 0.6) is 0 Å². The molecule has 1 atom stereocenters. The fourth-order valence-corrected chi connectivity index (χ4v) is 2.80. The minimum Gasteiger partial charge on any atom is -0.380 e. The number of methoxy groups -OCH3 is 1. The second-order valence-corrected chi connectivity index (χ2v) is 5.86. The fraction of sp³-hybridized carbons (Fsp3) is 0.562. The second-order valence-electron chi connectivity index (χ2n) is 5.86. The minimum atomic E-state index is -4.40. The monoisotopic (exact) mass is 366 g/mol. The zero-order chi connectivity index (χ0) is 17.1. The Morgan fingerprint density at radius 2 is 2.08 bits per heavy atom. The number of hydrogen-bond acceptors (Lipinski definition) is 3. The molecule has 0 aromatic heterocycles. The molecular weight excluding hydrogens is 345 g/mol. The molecule has 0 saturated heterocycles. The lowest BCUT2D eigenvalue weighted by Crippen LogP contribution is -2.51. The molecule has 0 radical (unpaired) electrons. The number of nitrogens with one attached hydrogen (secondary N) is 1. The van der Waals surface area contributed by atoms with Gasteiger partial charge in [-0.25, -0.2) is 0 Å². The number of hydrogen-bond donors (Lipinski definition) is 2. The van der Waals surface area contributed by atoms with Crippen LogP contribution in [0.4, 0.5) is 13.2 Å². The van der Waals surface area contributed by atoms with Crippen LogP contribution in [0.1, 0.15) is 36.8 Å². The minimum absolute atomic E-state index is 0. The van der Waals surface area contributed by atoms with Gasteiger partial charge in [-0.3, -0.25) is 4.79 Å². The van der Waals surface area contributed by atoms with Crippen molar-refractivity contribution in [3.05, 3.63) is 35.4 Å². The van der Waals surface area contributed by atoms with E-state index in [9.17, 15) is 18.0 Å². The van der Waals surface area contributed by atoms with E-state index in [0.29, 0.717) is 18.4 Å². The summed E-state index contributed by atoms with van der Waals surface area (Å²) in [6, 6.07) is 5.16. The summed E-state index contributed by atoms with van der Waals surface area (Å²) in [5, 5.41) is 2.88. The van der Waals surface area contributed by atoms with Crippen LogP contribution in [0.15, 0.2) is 24.3 Å². The normalized spacial score (nSPS) is 17.4. The molecule has 4 nitrogen and oxygen atoms in total. The summed E-state index contributed by atoms with van der Waals surface area (Å²) < 4.78 is 43.7. The Labute approximate surface area is 145 Å². The molecule has 1 amide bonds. The molecule has 1 fully saturated rings. The molecule has 1 aromatic rings. The molecule has 24 heavy (non-hydrogen) atoms. The molecule has 2 rings (SSSR count). The van der Waals surface area contributed by atoms with Gasteiger partial charge in [0.25, 0.3) is 0 Å². The Kier molecular flexibility index (Phi) is 7.07. The fourth-order valence-electron chi connectivity index (χ4n) is 2.80. The maximum atomic E-state index is 12.9. The van der Waals surface area contributed by atoms with Gasteiger partial charge in [0.05, 0.1) is 23.6 Å². The van der Waals surface area contributed by atoms with Crippen molar-refractivity contribution in [3.63, 3.8) is 0 Å². The van der Waals surface area contributed by atoms with Crippen molar-refractivity contribution >= 4 is 18.3 Å².